The molecular formula is C12H15N3O2S. The van der Waals surface area contributed by atoms with Crippen molar-refractivity contribution in [2.75, 3.05) is 20.3 Å². The molecule has 2 aromatic heterocycles. The van der Waals surface area contributed by atoms with Crippen LogP contribution in [-0.4, -0.2) is 36.1 Å². The van der Waals surface area contributed by atoms with Crippen LogP contribution in [0.25, 0.3) is 10.6 Å². The van der Waals surface area contributed by atoms with Gasteiger partial charge in [-0.1, -0.05) is 6.07 Å². The van der Waals surface area contributed by atoms with E-state index in [-0.39, 0.29) is 12.5 Å². The second-order valence-electron chi connectivity index (χ2n) is 3.74. The molecular weight excluding hydrogens is 250 g/mol. The first-order valence-corrected chi connectivity index (χ1v) is 6.51. The van der Waals surface area contributed by atoms with Crippen LogP contribution in [0.3, 0.4) is 0 Å². The number of hydrogen-bond acceptors (Lipinski definition) is 4. The Balaban J connectivity index is 1.91. The number of nitrogens with one attached hydrogen (secondary N) is 2. The Bertz CT molecular complexity index is 493. The molecule has 2 N–H and O–H groups in total. The monoisotopic (exact) mass is 265 g/mol. The van der Waals surface area contributed by atoms with E-state index in [1.54, 1.807) is 17.7 Å². The Morgan fingerprint density at radius 1 is 1.61 bits per heavy atom. The van der Waals surface area contributed by atoms with Crippen LogP contribution in [0, 0.1) is 0 Å². The molecule has 0 saturated carbocycles. The zero-order valence-electron chi connectivity index (χ0n) is 10.1. The molecule has 2 rings (SSSR count). The van der Waals surface area contributed by atoms with E-state index in [0.717, 1.165) is 22.7 Å². The summed E-state index contributed by atoms with van der Waals surface area (Å²) in [5.41, 5.74) is 2.00. The number of hydrogen-bond donors (Lipinski definition) is 2. The molecule has 0 atom stereocenters. The molecule has 0 unspecified atom stereocenters. The Hall–Kier alpha value is -1.66. The fourth-order valence-electron chi connectivity index (χ4n) is 1.65. The number of aromatic amines is 1. The van der Waals surface area contributed by atoms with E-state index in [1.165, 1.54) is 7.11 Å². The highest BCUT2D eigenvalue weighted by atomic mass is 32.1. The van der Waals surface area contributed by atoms with E-state index in [2.05, 4.69) is 15.3 Å². The number of carbonyl (C=O) groups is 1. The molecule has 0 radical (unpaired) electrons. The van der Waals surface area contributed by atoms with Crippen LogP contribution in [0.15, 0.2) is 23.8 Å². The molecule has 2 heterocycles. The second-order valence-corrected chi connectivity index (χ2v) is 4.69. The van der Waals surface area contributed by atoms with Gasteiger partial charge in [0, 0.05) is 25.8 Å². The smallest absolute Gasteiger partial charge is 0.245 e. The Morgan fingerprint density at radius 2 is 2.50 bits per heavy atom. The quantitative estimate of drug-likeness (QED) is 0.830. The van der Waals surface area contributed by atoms with Gasteiger partial charge in [-0.3, -0.25) is 4.79 Å². The van der Waals surface area contributed by atoms with Crippen molar-refractivity contribution in [1.82, 2.24) is 15.3 Å². The van der Waals surface area contributed by atoms with Crippen molar-refractivity contribution in [2.45, 2.75) is 6.42 Å². The number of amides is 1. The lowest BCUT2D eigenvalue weighted by Gasteiger charge is -2.04. The predicted octanol–water partition coefficient (Wildman–Crippen LogP) is 1.44. The van der Waals surface area contributed by atoms with Crippen LogP contribution in [-0.2, 0) is 16.0 Å². The summed E-state index contributed by atoms with van der Waals surface area (Å²) in [6.07, 6.45) is 2.41. The maximum Gasteiger partial charge on any atom is 0.245 e. The lowest BCUT2D eigenvalue weighted by Crippen LogP contribution is -2.29. The van der Waals surface area contributed by atoms with Crippen molar-refractivity contribution in [3.63, 3.8) is 0 Å². The van der Waals surface area contributed by atoms with Gasteiger partial charge in [-0.2, -0.15) is 0 Å². The molecule has 96 valence electrons. The summed E-state index contributed by atoms with van der Waals surface area (Å²) in [5.74, 6) is -0.102. The SMILES string of the molecule is COCC(=O)NCCc1[nH]cnc1-c1cccs1. The molecule has 1 amide bonds. The molecule has 0 aliphatic carbocycles. The van der Waals surface area contributed by atoms with Crippen LogP contribution in [0.2, 0.25) is 0 Å². The number of methoxy groups -OCH3 is 1. The van der Waals surface area contributed by atoms with Crippen molar-refractivity contribution in [3.05, 3.63) is 29.5 Å². The zero-order chi connectivity index (χ0) is 12.8. The predicted molar refractivity (Wildman–Crippen MR) is 70.5 cm³/mol. The first kappa shape index (κ1) is 12.8. The summed E-state index contributed by atoms with van der Waals surface area (Å²) < 4.78 is 4.74. The maximum absolute atomic E-state index is 11.2. The lowest BCUT2D eigenvalue weighted by atomic mass is 10.2. The molecule has 0 aliphatic rings. The van der Waals surface area contributed by atoms with Gasteiger partial charge in [0.05, 0.1) is 11.2 Å². The maximum atomic E-state index is 11.2. The van der Waals surface area contributed by atoms with E-state index in [1.807, 2.05) is 17.5 Å². The van der Waals surface area contributed by atoms with Crippen molar-refractivity contribution in [1.29, 1.82) is 0 Å². The Kier molecular flexibility index (Phi) is 4.49. The molecule has 0 aromatic carbocycles. The number of nitrogens with zero attached hydrogens (tertiary/aromatic N) is 1. The van der Waals surface area contributed by atoms with Crippen LogP contribution < -0.4 is 5.32 Å². The standard InChI is InChI=1S/C12H15N3O2S/c1-17-7-11(16)13-5-4-9-12(15-8-14-9)10-3-2-6-18-10/h2-3,6,8H,4-5,7H2,1H3,(H,13,16)(H,14,15). The van der Waals surface area contributed by atoms with E-state index in [4.69, 9.17) is 4.74 Å². The van der Waals surface area contributed by atoms with Gasteiger partial charge < -0.3 is 15.0 Å². The number of carbonyl (C=O) groups excluding carboxylic acids is 1. The lowest BCUT2D eigenvalue weighted by molar-refractivity contribution is -0.124. The van der Waals surface area contributed by atoms with E-state index in [0.29, 0.717) is 6.54 Å². The van der Waals surface area contributed by atoms with Crippen molar-refractivity contribution >= 4 is 17.2 Å². The highest BCUT2D eigenvalue weighted by Crippen LogP contribution is 2.25. The number of thiophene rings is 1. The molecule has 0 fully saturated rings. The molecule has 18 heavy (non-hydrogen) atoms. The van der Waals surface area contributed by atoms with Gasteiger partial charge in [-0.15, -0.1) is 11.3 Å². The van der Waals surface area contributed by atoms with E-state index >= 15 is 0 Å². The second kappa shape index (κ2) is 6.32. The average Bonchev–Trinajstić information content (AvgIpc) is 2.98. The third-order valence-corrected chi connectivity index (χ3v) is 3.32. The highest BCUT2D eigenvalue weighted by Gasteiger charge is 2.09. The van der Waals surface area contributed by atoms with Crippen LogP contribution in [0.1, 0.15) is 5.69 Å². The summed E-state index contributed by atoms with van der Waals surface area (Å²) in [6, 6.07) is 4.03. The normalized spacial score (nSPS) is 10.5. The number of imidazole rings is 1. The molecule has 2 aromatic rings. The van der Waals surface area contributed by atoms with Crippen LogP contribution >= 0.6 is 11.3 Å². The first-order chi connectivity index (χ1) is 8.81. The minimum Gasteiger partial charge on any atom is -0.375 e. The fraction of sp³-hybridized carbons (Fsp3) is 0.333. The van der Waals surface area contributed by atoms with Gasteiger partial charge >= 0.3 is 0 Å². The molecule has 0 spiro atoms. The van der Waals surface area contributed by atoms with E-state index in [9.17, 15) is 4.79 Å². The third kappa shape index (κ3) is 3.18. The van der Waals surface area contributed by atoms with Crippen molar-refractivity contribution < 1.29 is 9.53 Å². The summed E-state index contributed by atoms with van der Waals surface area (Å²) in [6.45, 7) is 0.670. The molecule has 6 heteroatoms. The largest absolute Gasteiger partial charge is 0.375 e. The Labute approximate surface area is 109 Å². The third-order valence-electron chi connectivity index (χ3n) is 2.45. The molecule has 0 saturated heterocycles. The number of aromatic nitrogens is 2. The molecule has 0 aliphatic heterocycles. The highest BCUT2D eigenvalue weighted by molar-refractivity contribution is 7.13. The van der Waals surface area contributed by atoms with E-state index < -0.39 is 0 Å². The Morgan fingerprint density at radius 3 is 3.22 bits per heavy atom. The van der Waals surface area contributed by atoms with Crippen LogP contribution in [0.4, 0.5) is 0 Å². The average molecular weight is 265 g/mol. The van der Waals surface area contributed by atoms with Gasteiger partial charge in [0.2, 0.25) is 5.91 Å². The summed E-state index contributed by atoms with van der Waals surface area (Å²) >= 11 is 1.65. The number of ether oxygens (including phenoxy) is 1. The summed E-state index contributed by atoms with van der Waals surface area (Å²) in [7, 11) is 1.50. The summed E-state index contributed by atoms with van der Waals surface area (Å²) in [4.78, 5) is 19.8. The summed E-state index contributed by atoms with van der Waals surface area (Å²) in [5, 5.41) is 4.81. The molecule has 0 bridgehead atoms. The fourth-order valence-corrected chi connectivity index (χ4v) is 2.39. The number of H-pyrrole nitrogens is 1. The van der Waals surface area contributed by atoms with Crippen molar-refractivity contribution in [2.24, 2.45) is 0 Å². The molecule has 5 nitrogen and oxygen atoms in total. The van der Waals surface area contributed by atoms with Gasteiger partial charge in [0.15, 0.2) is 0 Å². The number of rotatable bonds is 6. The minimum atomic E-state index is -0.102. The van der Waals surface area contributed by atoms with Gasteiger partial charge in [-0.05, 0) is 11.4 Å². The zero-order valence-corrected chi connectivity index (χ0v) is 10.9. The van der Waals surface area contributed by atoms with Crippen LogP contribution in [0.5, 0.6) is 0 Å². The first-order valence-electron chi connectivity index (χ1n) is 5.63. The minimum absolute atomic E-state index is 0.0980. The topological polar surface area (TPSA) is 67.0 Å². The van der Waals surface area contributed by atoms with Gasteiger partial charge in [0.1, 0.15) is 12.3 Å². The van der Waals surface area contributed by atoms with Gasteiger partial charge in [-0.25, -0.2) is 4.98 Å². The van der Waals surface area contributed by atoms with Gasteiger partial charge in [0.25, 0.3) is 0 Å². The van der Waals surface area contributed by atoms with Crippen molar-refractivity contribution in [3.8, 4) is 10.6 Å².